The van der Waals surface area contributed by atoms with Crippen LogP contribution >= 0.6 is 0 Å². The molecule has 0 fully saturated rings. The first-order chi connectivity index (χ1) is 14.9. The van der Waals surface area contributed by atoms with Gasteiger partial charge in [-0.15, -0.1) is 0 Å². The molecular weight excluding hydrogens is 395 g/mol. The number of nitrogens with one attached hydrogen (secondary N) is 1. The van der Waals surface area contributed by atoms with Crippen molar-refractivity contribution in [2.45, 2.75) is 26.1 Å². The first-order valence-corrected chi connectivity index (χ1v) is 10.3. The molecule has 3 rings (SSSR count). The fourth-order valence-corrected chi connectivity index (χ4v) is 3.26. The molecule has 164 valence electrons. The second-order valence-corrected chi connectivity index (χ2v) is 7.77. The van der Waals surface area contributed by atoms with Crippen LogP contribution in [0.25, 0.3) is 0 Å². The van der Waals surface area contributed by atoms with Gasteiger partial charge in [-0.1, -0.05) is 48.5 Å². The van der Waals surface area contributed by atoms with Crippen molar-refractivity contribution < 1.29 is 13.6 Å². The summed E-state index contributed by atoms with van der Waals surface area (Å²) in [6, 6.07) is 16.7. The summed E-state index contributed by atoms with van der Waals surface area (Å²) in [6.07, 6.45) is 1.37. The lowest BCUT2D eigenvalue weighted by Gasteiger charge is -2.28. The number of amides is 1. The molecule has 0 unspecified atom stereocenters. The average Bonchev–Trinajstić information content (AvgIpc) is 3.23. The Hall–Kier alpha value is -3.03. The number of aromatic nitrogens is 1. The van der Waals surface area contributed by atoms with E-state index < -0.39 is 0 Å². The maximum Gasteiger partial charge on any atom is 0.273 e. The highest BCUT2D eigenvalue weighted by Crippen LogP contribution is 2.25. The van der Waals surface area contributed by atoms with E-state index in [-0.39, 0.29) is 23.5 Å². The average molecular weight is 425 g/mol. The smallest absolute Gasteiger partial charge is 0.273 e. The van der Waals surface area contributed by atoms with Gasteiger partial charge >= 0.3 is 0 Å². The Morgan fingerprint density at radius 3 is 2.52 bits per heavy atom. The topological polar surface area (TPSA) is 61.6 Å². The van der Waals surface area contributed by atoms with E-state index in [0.29, 0.717) is 31.1 Å². The van der Waals surface area contributed by atoms with Gasteiger partial charge < -0.3 is 14.6 Å². The second kappa shape index (κ2) is 10.8. The van der Waals surface area contributed by atoms with Crippen molar-refractivity contribution in [2.24, 2.45) is 0 Å². The van der Waals surface area contributed by atoms with E-state index in [1.54, 1.807) is 12.1 Å². The summed E-state index contributed by atoms with van der Waals surface area (Å²) >= 11 is 0. The first kappa shape index (κ1) is 22.7. The SMILES string of the molecule is C[C@@H](c1ccccc1)N(Cc1nc(C(=O)NCCN(C)C)co1)Cc1ccccc1F. The maximum absolute atomic E-state index is 14.3. The van der Waals surface area contributed by atoms with Gasteiger partial charge in [0.1, 0.15) is 12.1 Å². The molecule has 0 bridgehead atoms. The Labute approximate surface area is 182 Å². The predicted molar refractivity (Wildman–Crippen MR) is 118 cm³/mol. The number of carbonyl (C=O) groups is 1. The van der Waals surface area contributed by atoms with Crippen molar-refractivity contribution >= 4 is 5.91 Å². The van der Waals surface area contributed by atoms with Gasteiger partial charge in [-0.25, -0.2) is 9.37 Å². The van der Waals surface area contributed by atoms with Gasteiger partial charge in [0.2, 0.25) is 5.89 Å². The molecule has 2 aromatic carbocycles. The summed E-state index contributed by atoms with van der Waals surface area (Å²) in [5.74, 6) is -0.105. The van der Waals surface area contributed by atoms with E-state index in [0.717, 1.165) is 12.1 Å². The summed E-state index contributed by atoms with van der Waals surface area (Å²) < 4.78 is 19.9. The summed E-state index contributed by atoms with van der Waals surface area (Å²) in [4.78, 5) is 20.7. The third kappa shape index (κ3) is 6.47. The van der Waals surface area contributed by atoms with Gasteiger partial charge in [0.25, 0.3) is 5.91 Å². The molecule has 0 saturated carbocycles. The molecule has 0 aliphatic heterocycles. The summed E-state index contributed by atoms with van der Waals surface area (Å²) in [5, 5.41) is 2.83. The maximum atomic E-state index is 14.3. The first-order valence-electron chi connectivity index (χ1n) is 10.3. The van der Waals surface area contributed by atoms with Crippen LogP contribution in [0, 0.1) is 5.82 Å². The van der Waals surface area contributed by atoms with Crippen LogP contribution in [0.4, 0.5) is 4.39 Å². The molecule has 1 heterocycles. The molecular formula is C24H29FN4O2. The van der Waals surface area contributed by atoms with E-state index in [1.807, 2.05) is 55.4 Å². The molecule has 7 heteroatoms. The zero-order valence-corrected chi connectivity index (χ0v) is 18.2. The lowest BCUT2D eigenvalue weighted by molar-refractivity contribution is 0.0946. The van der Waals surface area contributed by atoms with E-state index >= 15 is 0 Å². The number of oxazole rings is 1. The third-order valence-corrected chi connectivity index (χ3v) is 5.13. The van der Waals surface area contributed by atoms with Crippen molar-refractivity contribution in [1.29, 1.82) is 0 Å². The molecule has 1 N–H and O–H groups in total. The second-order valence-electron chi connectivity index (χ2n) is 7.77. The largest absolute Gasteiger partial charge is 0.447 e. The number of carbonyl (C=O) groups excluding carboxylic acids is 1. The van der Waals surface area contributed by atoms with Crippen LogP contribution in [0.3, 0.4) is 0 Å². The van der Waals surface area contributed by atoms with Crippen molar-refractivity contribution in [3.63, 3.8) is 0 Å². The van der Waals surface area contributed by atoms with Gasteiger partial charge in [-0.05, 0) is 32.6 Å². The quantitative estimate of drug-likeness (QED) is 0.535. The minimum Gasteiger partial charge on any atom is -0.447 e. The van der Waals surface area contributed by atoms with E-state index in [9.17, 15) is 9.18 Å². The molecule has 0 saturated heterocycles. The molecule has 0 spiro atoms. The van der Waals surface area contributed by atoms with Crippen LogP contribution in [-0.4, -0.2) is 47.9 Å². The lowest BCUT2D eigenvalue weighted by atomic mass is 10.1. The van der Waals surface area contributed by atoms with Crippen LogP contribution in [-0.2, 0) is 13.1 Å². The van der Waals surface area contributed by atoms with Gasteiger partial charge in [-0.2, -0.15) is 0 Å². The molecule has 1 aromatic heterocycles. The molecule has 31 heavy (non-hydrogen) atoms. The number of likely N-dealkylation sites (N-methyl/N-ethyl adjacent to an activating group) is 1. The Morgan fingerprint density at radius 2 is 1.81 bits per heavy atom. The number of halogens is 1. The number of hydrogen-bond acceptors (Lipinski definition) is 5. The standard InChI is InChI=1S/C24H29FN4O2/c1-18(19-9-5-4-6-10-19)29(15-20-11-7-8-12-21(20)25)16-23-27-22(17-31-23)24(30)26-13-14-28(2)3/h4-12,17-18H,13-16H2,1-3H3,(H,26,30)/t18-/m0/s1. The van der Waals surface area contributed by atoms with Gasteiger partial charge in [0.05, 0.1) is 6.54 Å². The van der Waals surface area contributed by atoms with Crippen LogP contribution < -0.4 is 5.32 Å². The molecule has 0 aliphatic carbocycles. The van der Waals surface area contributed by atoms with Crippen molar-refractivity contribution in [1.82, 2.24) is 20.1 Å². The molecule has 6 nitrogen and oxygen atoms in total. The van der Waals surface area contributed by atoms with E-state index in [2.05, 4.69) is 22.1 Å². The molecule has 1 atom stereocenters. The molecule has 0 radical (unpaired) electrons. The van der Waals surface area contributed by atoms with Gasteiger partial charge in [0, 0.05) is 31.2 Å². The van der Waals surface area contributed by atoms with Crippen molar-refractivity contribution in [3.8, 4) is 0 Å². The minimum absolute atomic E-state index is 0.00919. The fraction of sp³-hybridized carbons (Fsp3) is 0.333. The number of rotatable bonds is 10. The summed E-state index contributed by atoms with van der Waals surface area (Å²) in [7, 11) is 3.89. The summed E-state index contributed by atoms with van der Waals surface area (Å²) in [6.45, 7) is 4.05. The van der Waals surface area contributed by atoms with Gasteiger partial charge in [0.15, 0.2) is 5.69 Å². The lowest BCUT2D eigenvalue weighted by Crippen LogP contribution is -2.31. The fourth-order valence-electron chi connectivity index (χ4n) is 3.26. The molecule has 1 amide bonds. The van der Waals surface area contributed by atoms with E-state index in [1.165, 1.54) is 12.3 Å². The van der Waals surface area contributed by atoms with Gasteiger partial charge in [-0.3, -0.25) is 9.69 Å². The Balaban J connectivity index is 1.75. The third-order valence-electron chi connectivity index (χ3n) is 5.13. The number of nitrogens with zero attached hydrogens (tertiary/aromatic N) is 3. The van der Waals surface area contributed by atoms with Crippen molar-refractivity contribution in [3.05, 3.63) is 89.4 Å². The van der Waals surface area contributed by atoms with Crippen LogP contribution in [0.5, 0.6) is 0 Å². The normalized spacial score (nSPS) is 12.3. The monoisotopic (exact) mass is 424 g/mol. The number of hydrogen-bond donors (Lipinski definition) is 1. The highest BCUT2D eigenvalue weighted by molar-refractivity contribution is 5.91. The molecule has 0 aliphatic rings. The zero-order chi connectivity index (χ0) is 22.2. The predicted octanol–water partition coefficient (Wildman–Crippen LogP) is 3.87. The Morgan fingerprint density at radius 1 is 1.10 bits per heavy atom. The molecule has 3 aromatic rings. The highest BCUT2D eigenvalue weighted by atomic mass is 19.1. The highest BCUT2D eigenvalue weighted by Gasteiger charge is 2.21. The van der Waals surface area contributed by atoms with Crippen LogP contribution in [0.1, 0.15) is 40.5 Å². The van der Waals surface area contributed by atoms with Crippen LogP contribution in [0.2, 0.25) is 0 Å². The van der Waals surface area contributed by atoms with E-state index in [4.69, 9.17) is 4.42 Å². The number of benzene rings is 2. The van der Waals surface area contributed by atoms with Crippen molar-refractivity contribution in [2.75, 3.05) is 27.2 Å². The minimum atomic E-state index is -0.270. The Bertz CT molecular complexity index is 974. The zero-order valence-electron chi connectivity index (χ0n) is 18.2. The van der Waals surface area contributed by atoms with Crippen LogP contribution in [0.15, 0.2) is 65.3 Å². The Kier molecular flexibility index (Phi) is 7.92. The summed E-state index contributed by atoms with van der Waals surface area (Å²) in [5.41, 5.74) is 1.94.